The van der Waals surface area contributed by atoms with Crippen LogP contribution in [0.2, 0.25) is 0 Å². The van der Waals surface area contributed by atoms with Crippen LogP contribution in [0.3, 0.4) is 0 Å². The zero-order chi connectivity index (χ0) is 16.9. The van der Waals surface area contributed by atoms with Crippen LogP contribution in [0.1, 0.15) is 46.5 Å². The van der Waals surface area contributed by atoms with Gasteiger partial charge in [-0.1, -0.05) is 73.3 Å². The topological polar surface area (TPSA) is 0 Å². The van der Waals surface area contributed by atoms with Gasteiger partial charge in [0.2, 0.25) is 0 Å². The summed E-state index contributed by atoms with van der Waals surface area (Å²) in [6, 6.07) is 0. The van der Waals surface area contributed by atoms with E-state index < -0.39 is 0 Å². The predicted octanol–water partition coefficient (Wildman–Crippen LogP) is 6.87. The lowest BCUT2D eigenvalue weighted by Crippen LogP contribution is -2.18. The minimum absolute atomic E-state index is 0.547. The summed E-state index contributed by atoms with van der Waals surface area (Å²) in [5.41, 5.74) is 6.10. The molecule has 0 fully saturated rings. The van der Waals surface area contributed by atoms with Crippen LogP contribution in [-0.4, -0.2) is 0 Å². The van der Waals surface area contributed by atoms with Crippen LogP contribution in [0.15, 0.2) is 83.1 Å². The molecule has 3 aliphatic carbocycles. The first-order chi connectivity index (χ1) is 11.7. The van der Waals surface area contributed by atoms with Crippen LogP contribution in [0, 0.1) is 17.8 Å². The van der Waals surface area contributed by atoms with Crippen LogP contribution in [0.25, 0.3) is 0 Å². The number of hydrogen-bond donors (Lipinski definition) is 0. The molecule has 0 N–H and O–H groups in total. The lowest BCUT2D eigenvalue weighted by molar-refractivity contribution is 0.462. The molecule has 0 spiro atoms. The standard InChI is InChI=1S/C24H30/c1-4-19(5-2)22-15-23(20-11-7-6-8-12-20)17-24(16-22)21-13-9-10-18(3)14-21/h4,6-11,13,16-17,20-21,23H,5,12,14-15H2,1-3H3. The highest BCUT2D eigenvalue weighted by Gasteiger charge is 2.26. The van der Waals surface area contributed by atoms with Gasteiger partial charge in [0.25, 0.3) is 0 Å². The first-order valence-electron chi connectivity index (χ1n) is 9.46. The molecule has 0 aromatic carbocycles. The molecule has 0 aromatic heterocycles. The summed E-state index contributed by atoms with van der Waals surface area (Å²) in [4.78, 5) is 0. The summed E-state index contributed by atoms with van der Waals surface area (Å²) in [5, 5.41) is 0. The maximum Gasteiger partial charge on any atom is 0.00553 e. The first-order valence-corrected chi connectivity index (χ1v) is 9.46. The highest BCUT2D eigenvalue weighted by atomic mass is 14.3. The Balaban J connectivity index is 1.91. The van der Waals surface area contributed by atoms with Crippen LogP contribution in [0.4, 0.5) is 0 Å². The smallest absolute Gasteiger partial charge is 0.00553 e. The fourth-order valence-electron chi connectivity index (χ4n) is 4.20. The average molecular weight is 319 g/mol. The molecule has 3 rings (SSSR count). The molecule has 0 aromatic rings. The molecular formula is C24H30. The van der Waals surface area contributed by atoms with E-state index in [1.807, 2.05) is 0 Å². The Morgan fingerprint density at radius 2 is 2.00 bits per heavy atom. The average Bonchev–Trinajstić information content (AvgIpc) is 2.63. The van der Waals surface area contributed by atoms with Gasteiger partial charge < -0.3 is 0 Å². The Kier molecular flexibility index (Phi) is 5.56. The third-order valence-electron chi connectivity index (χ3n) is 5.60. The summed E-state index contributed by atoms with van der Waals surface area (Å²) in [6.07, 6.45) is 28.0. The van der Waals surface area contributed by atoms with Crippen molar-refractivity contribution >= 4 is 0 Å². The maximum atomic E-state index is 2.58. The minimum Gasteiger partial charge on any atom is -0.0842 e. The molecular weight excluding hydrogens is 288 g/mol. The van der Waals surface area contributed by atoms with Crippen molar-refractivity contribution in [2.45, 2.75) is 46.5 Å². The summed E-state index contributed by atoms with van der Waals surface area (Å²) in [6.45, 7) is 6.71. The fraction of sp³-hybridized carbons (Fsp3) is 0.417. The lowest BCUT2D eigenvalue weighted by atomic mass is 9.74. The van der Waals surface area contributed by atoms with E-state index in [0.29, 0.717) is 17.8 Å². The molecule has 3 atom stereocenters. The van der Waals surface area contributed by atoms with Gasteiger partial charge in [-0.25, -0.2) is 0 Å². The molecule has 0 amide bonds. The van der Waals surface area contributed by atoms with Gasteiger partial charge in [0.05, 0.1) is 0 Å². The van der Waals surface area contributed by atoms with Crippen LogP contribution in [-0.2, 0) is 0 Å². The molecule has 0 saturated heterocycles. The third kappa shape index (κ3) is 3.80. The Morgan fingerprint density at radius 1 is 1.12 bits per heavy atom. The van der Waals surface area contributed by atoms with Crippen molar-refractivity contribution in [3.05, 3.63) is 83.1 Å². The van der Waals surface area contributed by atoms with Gasteiger partial charge in [0.15, 0.2) is 0 Å². The Bertz CT molecular complexity index is 673. The van der Waals surface area contributed by atoms with Gasteiger partial charge in [-0.15, -0.1) is 0 Å². The first kappa shape index (κ1) is 17.0. The monoisotopic (exact) mass is 318 g/mol. The van der Waals surface area contributed by atoms with E-state index in [-0.39, 0.29) is 0 Å². The van der Waals surface area contributed by atoms with Crippen molar-refractivity contribution in [3.63, 3.8) is 0 Å². The maximum absolute atomic E-state index is 2.58. The van der Waals surface area contributed by atoms with Crippen LogP contribution in [0.5, 0.6) is 0 Å². The SMILES string of the molecule is CC=C(CC)C1=CC(C2C=CC=C(C)C2)=CC(C2C=CC=CC2)C1. The lowest BCUT2D eigenvalue weighted by Gasteiger charge is -2.31. The molecule has 0 bridgehead atoms. The third-order valence-corrected chi connectivity index (χ3v) is 5.60. The van der Waals surface area contributed by atoms with Crippen molar-refractivity contribution in [1.82, 2.24) is 0 Å². The second-order valence-corrected chi connectivity index (χ2v) is 7.29. The summed E-state index contributed by atoms with van der Waals surface area (Å²) >= 11 is 0. The molecule has 0 aliphatic heterocycles. The van der Waals surface area contributed by atoms with E-state index in [2.05, 4.69) is 81.5 Å². The van der Waals surface area contributed by atoms with Gasteiger partial charge in [0.1, 0.15) is 0 Å². The normalized spacial score (nSPS) is 30.0. The van der Waals surface area contributed by atoms with Gasteiger partial charge >= 0.3 is 0 Å². The molecule has 3 unspecified atom stereocenters. The van der Waals surface area contributed by atoms with Gasteiger partial charge in [-0.05, 0) is 68.1 Å². The predicted molar refractivity (Wildman–Crippen MR) is 106 cm³/mol. The van der Waals surface area contributed by atoms with Crippen LogP contribution >= 0.6 is 0 Å². The molecule has 126 valence electrons. The molecule has 0 heterocycles. The summed E-state index contributed by atoms with van der Waals surface area (Å²) in [7, 11) is 0. The zero-order valence-corrected chi connectivity index (χ0v) is 15.3. The Hall–Kier alpha value is -1.82. The number of allylic oxidation sites excluding steroid dienone is 14. The molecule has 0 heteroatoms. The van der Waals surface area contributed by atoms with Crippen molar-refractivity contribution in [1.29, 1.82) is 0 Å². The molecule has 3 aliphatic rings. The zero-order valence-electron chi connectivity index (χ0n) is 15.3. The molecule has 0 saturated carbocycles. The summed E-state index contributed by atoms with van der Waals surface area (Å²) in [5.74, 6) is 1.82. The number of hydrogen-bond acceptors (Lipinski definition) is 0. The van der Waals surface area contributed by atoms with Crippen molar-refractivity contribution < 1.29 is 0 Å². The van der Waals surface area contributed by atoms with Crippen LogP contribution < -0.4 is 0 Å². The molecule has 0 nitrogen and oxygen atoms in total. The van der Waals surface area contributed by atoms with Crippen molar-refractivity contribution in [2.75, 3.05) is 0 Å². The quantitative estimate of drug-likeness (QED) is 0.530. The van der Waals surface area contributed by atoms with E-state index in [9.17, 15) is 0 Å². The fourth-order valence-corrected chi connectivity index (χ4v) is 4.20. The second-order valence-electron chi connectivity index (χ2n) is 7.29. The second kappa shape index (κ2) is 7.83. The van der Waals surface area contributed by atoms with Gasteiger partial charge in [-0.2, -0.15) is 0 Å². The molecule has 24 heavy (non-hydrogen) atoms. The van der Waals surface area contributed by atoms with E-state index in [4.69, 9.17) is 0 Å². The van der Waals surface area contributed by atoms with E-state index in [0.717, 1.165) is 12.8 Å². The highest BCUT2D eigenvalue weighted by Crippen LogP contribution is 2.39. The number of rotatable bonds is 4. The largest absolute Gasteiger partial charge is 0.0842 e. The van der Waals surface area contributed by atoms with E-state index in [1.54, 1.807) is 5.57 Å². The Labute approximate surface area is 147 Å². The van der Waals surface area contributed by atoms with E-state index >= 15 is 0 Å². The summed E-state index contributed by atoms with van der Waals surface area (Å²) < 4.78 is 0. The van der Waals surface area contributed by atoms with Gasteiger partial charge in [0, 0.05) is 5.92 Å². The van der Waals surface area contributed by atoms with Gasteiger partial charge in [-0.3, -0.25) is 0 Å². The minimum atomic E-state index is 0.547. The molecule has 0 radical (unpaired) electrons. The Morgan fingerprint density at radius 3 is 2.67 bits per heavy atom. The van der Waals surface area contributed by atoms with Crippen molar-refractivity contribution in [2.24, 2.45) is 17.8 Å². The highest BCUT2D eigenvalue weighted by molar-refractivity contribution is 5.44. The van der Waals surface area contributed by atoms with Crippen molar-refractivity contribution in [3.8, 4) is 0 Å². The van der Waals surface area contributed by atoms with E-state index in [1.165, 1.54) is 29.6 Å².